The molecule has 2 heteroatoms. The van der Waals surface area contributed by atoms with Crippen molar-refractivity contribution in [3.05, 3.63) is 0 Å². The molecule has 5 fully saturated rings. The van der Waals surface area contributed by atoms with Gasteiger partial charge in [0.05, 0.1) is 5.60 Å². The molecular formula is C30H52O2. The average molecular weight is 445 g/mol. The van der Waals surface area contributed by atoms with Crippen molar-refractivity contribution in [1.82, 2.24) is 0 Å². The largest absolute Gasteiger partial charge is 0.390 e. The van der Waals surface area contributed by atoms with Crippen LogP contribution in [-0.4, -0.2) is 23.9 Å². The van der Waals surface area contributed by atoms with Crippen molar-refractivity contribution in [3.8, 4) is 0 Å². The minimum absolute atomic E-state index is 0.363. The Hall–Kier alpha value is -0.0800. The van der Waals surface area contributed by atoms with Crippen molar-refractivity contribution in [2.75, 3.05) is 13.2 Å². The lowest BCUT2D eigenvalue weighted by molar-refractivity contribution is -0.166. The van der Waals surface area contributed by atoms with Crippen molar-refractivity contribution in [3.63, 3.8) is 0 Å². The average Bonchev–Trinajstić information content (AvgIpc) is 2.76. The molecule has 4 saturated carbocycles. The first-order valence-electron chi connectivity index (χ1n) is 14.5. The molecule has 7 unspecified atom stereocenters. The summed E-state index contributed by atoms with van der Waals surface area (Å²) in [6.07, 6.45) is 19.6. The highest BCUT2D eigenvalue weighted by Gasteiger charge is 2.58. The highest BCUT2D eigenvalue weighted by molar-refractivity contribution is 5.07. The molecule has 7 atom stereocenters. The lowest BCUT2D eigenvalue weighted by Crippen LogP contribution is -2.56. The van der Waals surface area contributed by atoms with Gasteiger partial charge in [-0.3, -0.25) is 0 Å². The normalized spacial score (nSPS) is 47.7. The van der Waals surface area contributed by atoms with Gasteiger partial charge in [-0.25, -0.2) is 0 Å². The fourth-order valence-corrected chi connectivity index (χ4v) is 9.82. The van der Waals surface area contributed by atoms with E-state index in [9.17, 15) is 5.11 Å². The molecule has 0 aromatic rings. The smallest absolute Gasteiger partial charge is 0.0648 e. The Kier molecular flexibility index (Phi) is 6.31. The molecule has 5 rings (SSSR count). The van der Waals surface area contributed by atoms with Crippen molar-refractivity contribution < 1.29 is 9.84 Å². The third kappa shape index (κ3) is 4.12. The van der Waals surface area contributed by atoms with Gasteiger partial charge in [-0.1, -0.05) is 40.5 Å². The zero-order valence-electron chi connectivity index (χ0n) is 21.8. The van der Waals surface area contributed by atoms with Crippen molar-refractivity contribution in [1.29, 1.82) is 0 Å². The van der Waals surface area contributed by atoms with E-state index in [1.165, 1.54) is 77.0 Å². The van der Waals surface area contributed by atoms with Gasteiger partial charge in [0.25, 0.3) is 0 Å². The molecule has 0 bridgehead atoms. The van der Waals surface area contributed by atoms with Crippen LogP contribution >= 0.6 is 0 Å². The highest BCUT2D eigenvalue weighted by Crippen LogP contribution is 2.65. The van der Waals surface area contributed by atoms with Gasteiger partial charge in [0.1, 0.15) is 0 Å². The second-order valence-corrected chi connectivity index (χ2v) is 14.4. The Morgan fingerprint density at radius 2 is 1.53 bits per heavy atom. The van der Waals surface area contributed by atoms with E-state index in [1.807, 2.05) is 0 Å². The second kappa shape index (κ2) is 8.54. The lowest BCUT2D eigenvalue weighted by Gasteiger charge is -2.63. The maximum Gasteiger partial charge on any atom is 0.0648 e. The standard InChI is InChI=1S/C30H52O2/c1-27(2)15-17-30(31,18-16-27)13-6-8-22-7-5-9-25-24-11-10-23-21-32-20-19-29(23,4)26(24)12-14-28(22,25)3/h22-26,31H,5-21H2,1-4H3. The number of rotatable bonds is 4. The first kappa shape index (κ1) is 23.7. The molecule has 0 radical (unpaired) electrons. The van der Waals surface area contributed by atoms with Crippen LogP contribution in [0.5, 0.6) is 0 Å². The minimum Gasteiger partial charge on any atom is -0.390 e. The van der Waals surface area contributed by atoms with Crippen LogP contribution in [0.4, 0.5) is 0 Å². The van der Waals surface area contributed by atoms with E-state index in [0.29, 0.717) is 16.2 Å². The number of aliphatic hydroxyl groups is 1. The van der Waals surface area contributed by atoms with Gasteiger partial charge in [-0.15, -0.1) is 0 Å². The summed E-state index contributed by atoms with van der Waals surface area (Å²) in [5.74, 6) is 4.60. The molecule has 5 aliphatic rings. The summed E-state index contributed by atoms with van der Waals surface area (Å²) in [6, 6.07) is 0. The summed E-state index contributed by atoms with van der Waals surface area (Å²) < 4.78 is 5.92. The minimum atomic E-state index is -0.363. The fraction of sp³-hybridized carbons (Fsp3) is 1.00. The molecule has 1 aliphatic heterocycles. The first-order valence-corrected chi connectivity index (χ1v) is 14.5. The van der Waals surface area contributed by atoms with Gasteiger partial charge in [0.15, 0.2) is 0 Å². The number of hydrogen-bond donors (Lipinski definition) is 1. The van der Waals surface area contributed by atoms with Crippen LogP contribution in [0, 0.1) is 45.8 Å². The van der Waals surface area contributed by atoms with Crippen molar-refractivity contribution in [2.24, 2.45) is 45.8 Å². The molecule has 4 aliphatic carbocycles. The van der Waals surface area contributed by atoms with Gasteiger partial charge < -0.3 is 9.84 Å². The molecule has 0 amide bonds. The first-order chi connectivity index (χ1) is 15.2. The van der Waals surface area contributed by atoms with E-state index in [0.717, 1.165) is 62.1 Å². The van der Waals surface area contributed by atoms with Crippen LogP contribution < -0.4 is 0 Å². The van der Waals surface area contributed by atoms with Crippen molar-refractivity contribution >= 4 is 0 Å². The van der Waals surface area contributed by atoms with Crippen LogP contribution in [0.2, 0.25) is 0 Å². The summed E-state index contributed by atoms with van der Waals surface area (Å²) in [4.78, 5) is 0. The zero-order valence-corrected chi connectivity index (χ0v) is 21.8. The van der Waals surface area contributed by atoms with E-state index in [2.05, 4.69) is 27.7 Å². The quantitative estimate of drug-likeness (QED) is 0.480. The predicted molar refractivity (Wildman–Crippen MR) is 132 cm³/mol. The molecular weight excluding hydrogens is 392 g/mol. The van der Waals surface area contributed by atoms with Gasteiger partial charge in [-0.05, 0) is 129 Å². The number of hydrogen-bond acceptors (Lipinski definition) is 2. The molecule has 1 saturated heterocycles. The second-order valence-electron chi connectivity index (χ2n) is 14.4. The summed E-state index contributed by atoms with van der Waals surface area (Å²) in [7, 11) is 0. The maximum absolute atomic E-state index is 11.2. The van der Waals surface area contributed by atoms with Gasteiger partial charge >= 0.3 is 0 Å². The van der Waals surface area contributed by atoms with E-state index in [-0.39, 0.29) is 5.60 Å². The van der Waals surface area contributed by atoms with Crippen LogP contribution in [0.3, 0.4) is 0 Å². The molecule has 1 heterocycles. The Morgan fingerprint density at radius 3 is 2.31 bits per heavy atom. The molecule has 32 heavy (non-hydrogen) atoms. The van der Waals surface area contributed by atoms with Crippen LogP contribution in [0.1, 0.15) is 124 Å². The highest BCUT2D eigenvalue weighted by atomic mass is 16.5. The summed E-state index contributed by atoms with van der Waals surface area (Å²) in [6.45, 7) is 12.1. The van der Waals surface area contributed by atoms with Crippen LogP contribution in [0.15, 0.2) is 0 Å². The fourth-order valence-electron chi connectivity index (χ4n) is 9.82. The van der Waals surface area contributed by atoms with E-state index in [4.69, 9.17) is 4.74 Å². The van der Waals surface area contributed by atoms with Gasteiger partial charge in [0.2, 0.25) is 0 Å². The lowest BCUT2D eigenvalue weighted by atomic mass is 9.42. The predicted octanol–water partition coefficient (Wildman–Crippen LogP) is 7.77. The molecule has 0 aromatic heterocycles. The van der Waals surface area contributed by atoms with E-state index >= 15 is 0 Å². The molecule has 184 valence electrons. The van der Waals surface area contributed by atoms with Gasteiger partial charge in [0, 0.05) is 13.2 Å². The summed E-state index contributed by atoms with van der Waals surface area (Å²) in [5.41, 5.74) is 1.19. The molecule has 0 aromatic carbocycles. The summed E-state index contributed by atoms with van der Waals surface area (Å²) in [5, 5.41) is 11.2. The summed E-state index contributed by atoms with van der Waals surface area (Å²) >= 11 is 0. The van der Waals surface area contributed by atoms with Crippen LogP contribution in [-0.2, 0) is 4.74 Å². The topological polar surface area (TPSA) is 29.5 Å². The number of fused-ring (bicyclic) bond motifs is 5. The van der Waals surface area contributed by atoms with Crippen LogP contribution in [0.25, 0.3) is 0 Å². The monoisotopic (exact) mass is 444 g/mol. The third-order valence-electron chi connectivity index (χ3n) is 12.3. The Morgan fingerprint density at radius 1 is 0.781 bits per heavy atom. The number of ether oxygens (including phenoxy) is 1. The molecule has 1 N–H and O–H groups in total. The van der Waals surface area contributed by atoms with Crippen molar-refractivity contribution in [2.45, 2.75) is 130 Å². The maximum atomic E-state index is 11.2. The Balaban J connectivity index is 1.23. The zero-order chi connectivity index (χ0) is 22.6. The molecule has 2 nitrogen and oxygen atoms in total. The van der Waals surface area contributed by atoms with Gasteiger partial charge in [-0.2, -0.15) is 0 Å². The SMILES string of the molecule is CC1(C)CCC(O)(CCCC2CCCC3C4CCC5COCCC5(C)C4CCC23C)CC1. The third-order valence-corrected chi connectivity index (χ3v) is 12.3. The van der Waals surface area contributed by atoms with E-state index in [1.54, 1.807) is 0 Å². The Bertz CT molecular complexity index is 660. The Labute approximate surface area is 198 Å². The molecule has 0 spiro atoms. The van der Waals surface area contributed by atoms with E-state index < -0.39 is 0 Å².